The molecule has 3 unspecified atom stereocenters. The molecule has 0 aromatic heterocycles. The zero-order valence-electron chi connectivity index (χ0n) is 7.78. The smallest absolute Gasteiger partial charge is 0.139 e. The van der Waals surface area contributed by atoms with Gasteiger partial charge in [0.05, 0.1) is 6.10 Å². The first-order valence-electron chi connectivity index (χ1n) is 5.16. The predicted octanol–water partition coefficient (Wildman–Crippen LogP) is 1.68. The summed E-state index contributed by atoms with van der Waals surface area (Å²) in [6.45, 7) is 0. The van der Waals surface area contributed by atoms with Crippen LogP contribution in [0.5, 0.6) is 0 Å². The van der Waals surface area contributed by atoms with Gasteiger partial charge in [-0.1, -0.05) is 12.2 Å². The number of allylic oxidation sites excluding steroid dienone is 2. The fraction of sp³-hybridized carbons (Fsp3) is 0.727. The molecule has 0 amide bonds. The Kier molecular flexibility index (Phi) is 2.49. The number of aliphatic hydroxyl groups is 1. The Bertz CT molecular complexity index is 232. The number of aliphatic hydroxyl groups excluding tert-OH is 1. The van der Waals surface area contributed by atoms with E-state index < -0.39 is 6.10 Å². The number of hydrogen-bond acceptors (Lipinski definition) is 2. The number of rotatable bonds is 0. The van der Waals surface area contributed by atoms with Crippen LogP contribution in [0.25, 0.3) is 0 Å². The molecular formula is C11H16O2. The van der Waals surface area contributed by atoms with Crippen LogP contribution in [0.3, 0.4) is 0 Å². The highest BCUT2D eigenvalue weighted by molar-refractivity contribution is 5.82. The first-order valence-corrected chi connectivity index (χ1v) is 5.16. The van der Waals surface area contributed by atoms with Gasteiger partial charge in [0, 0.05) is 12.3 Å². The molecule has 0 aliphatic heterocycles. The summed E-state index contributed by atoms with van der Waals surface area (Å²) >= 11 is 0. The van der Waals surface area contributed by atoms with Crippen LogP contribution >= 0.6 is 0 Å². The number of fused-ring (bicyclic) bond motifs is 1. The average molecular weight is 180 g/mol. The lowest BCUT2D eigenvalue weighted by atomic mass is 9.75. The van der Waals surface area contributed by atoms with Gasteiger partial charge >= 0.3 is 0 Å². The minimum atomic E-state index is -0.396. The second kappa shape index (κ2) is 3.62. The first-order chi connectivity index (χ1) is 6.29. The van der Waals surface area contributed by atoms with Gasteiger partial charge in [0.1, 0.15) is 5.78 Å². The van der Waals surface area contributed by atoms with Gasteiger partial charge in [-0.05, 0) is 31.6 Å². The summed E-state index contributed by atoms with van der Waals surface area (Å²) in [5.74, 6) is 0.501. The maximum Gasteiger partial charge on any atom is 0.139 e. The molecule has 0 aromatic rings. The highest BCUT2D eigenvalue weighted by atomic mass is 16.3. The SMILES string of the molecule is O=C1CCCC2C=CCCC(O)C12. The van der Waals surface area contributed by atoms with Crippen molar-refractivity contribution >= 4 is 5.78 Å². The number of carbonyl (C=O) groups is 1. The molecule has 72 valence electrons. The van der Waals surface area contributed by atoms with Gasteiger partial charge in [-0.15, -0.1) is 0 Å². The maximum absolute atomic E-state index is 11.6. The van der Waals surface area contributed by atoms with Crippen molar-refractivity contribution in [1.82, 2.24) is 0 Å². The molecule has 0 radical (unpaired) electrons. The van der Waals surface area contributed by atoms with Gasteiger partial charge in [0.25, 0.3) is 0 Å². The highest BCUT2D eigenvalue weighted by Crippen LogP contribution is 2.34. The Morgan fingerprint density at radius 2 is 2.23 bits per heavy atom. The van der Waals surface area contributed by atoms with Crippen molar-refractivity contribution in [2.24, 2.45) is 11.8 Å². The molecule has 2 rings (SSSR count). The van der Waals surface area contributed by atoms with E-state index in [0.717, 1.165) is 25.7 Å². The third kappa shape index (κ3) is 1.68. The highest BCUT2D eigenvalue weighted by Gasteiger charge is 2.36. The van der Waals surface area contributed by atoms with Crippen molar-refractivity contribution < 1.29 is 9.90 Å². The van der Waals surface area contributed by atoms with E-state index in [0.29, 0.717) is 12.3 Å². The summed E-state index contributed by atoms with van der Waals surface area (Å²) in [6, 6.07) is 0. The third-order valence-corrected chi connectivity index (χ3v) is 3.22. The summed E-state index contributed by atoms with van der Waals surface area (Å²) in [5, 5.41) is 9.79. The lowest BCUT2D eigenvalue weighted by Gasteiger charge is -2.30. The summed E-state index contributed by atoms with van der Waals surface area (Å²) < 4.78 is 0. The molecule has 2 aliphatic carbocycles. The second-order valence-corrected chi connectivity index (χ2v) is 4.12. The largest absolute Gasteiger partial charge is 0.392 e. The Labute approximate surface area is 78.6 Å². The summed E-state index contributed by atoms with van der Waals surface area (Å²) in [6.07, 6.45) is 8.27. The van der Waals surface area contributed by atoms with Crippen LogP contribution in [-0.4, -0.2) is 17.0 Å². The van der Waals surface area contributed by atoms with Crippen molar-refractivity contribution in [2.45, 2.75) is 38.2 Å². The molecule has 0 spiro atoms. The maximum atomic E-state index is 11.6. The van der Waals surface area contributed by atoms with Crippen LogP contribution < -0.4 is 0 Å². The minimum absolute atomic E-state index is 0.0903. The lowest BCUT2D eigenvalue weighted by molar-refractivity contribution is -0.130. The summed E-state index contributed by atoms with van der Waals surface area (Å²) in [4.78, 5) is 11.6. The molecule has 3 atom stereocenters. The topological polar surface area (TPSA) is 37.3 Å². The van der Waals surface area contributed by atoms with E-state index in [2.05, 4.69) is 12.2 Å². The number of carbonyl (C=O) groups excluding carboxylic acids is 1. The molecule has 1 N–H and O–H groups in total. The van der Waals surface area contributed by atoms with Gasteiger partial charge in [-0.3, -0.25) is 4.79 Å². The Morgan fingerprint density at radius 1 is 1.38 bits per heavy atom. The van der Waals surface area contributed by atoms with Crippen molar-refractivity contribution in [3.63, 3.8) is 0 Å². The molecule has 2 heteroatoms. The lowest BCUT2D eigenvalue weighted by Crippen LogP contribution is -2.36. The van der Waals surface area contributed by atoms with Crippen LogP contribution in [0, 0.1) is 11.8 Å². The van der Waals surface area contributed by atoms with Crippen molar-refractivity contribution in [2.75, 3.05) is 0 Å². The van der Waals surface area contributed by atoms with E-state index in [-0.39, 0.29) is 11.7 Å². The molecule has 2 nitrogen and oxygen atoms in total. The van der Waals surface area contributed by atoms with Crippen molar-refractivity contribution in [3.8, 4) is 0 Å². The van der Waals surface area contributed by atoms with Crippen LogP contribution in [0.15, 0.2) is 12.2 Å². The molecule has 0 saturated heterocycles. The van der Waals surface area contributed by atoms with E-state index in [1.54, 1.807) is 0 Å². The fourth-order valence-corrected chi connectivity index (χ4v) is 2.53. The van der Waals surface area contributed by atoms with Gasteiger partial charge in [0.2, 0.25) is 0 Å². The standard InChI is InChI=1S/C11H16O2/c12-9-6-2-1-4-8-5-3-7-10(13)11(8)9/h1,4,8-9,11-12H,2-3,5-7H2. The van der Waals surface area contributed by atoms with E-state index in [4.69, 9.17) is 0 Å². The van der Waals surface area contributed by atoms with Crippen molar-refractivity contribution in [3.05, 3.63) is 12.2 Å². The molecule has 0 bridgehead atoms. The van der Waals surface area contributed by atoms with Gasteiger partial charge in [-0.25, -0.2) is 0 Å². The number of hydrogen-bond donors (Lipinski definition) is 1. The molecule has 1 saturated carbocycles. The van der Waals surface area contributed by atoms with Gasteiger partial charge in [-0.2, -0.15) is 0 Å². The third-order valence-electron chi connectivity index (χ3n) is 3.22. The Balaban J connectivity index is 2.20. The van der Waals surface area contributed by atoms with E-state index >= 15 is 0 Å². The monoisotopic (exact) mass is 180 g/mol. The van der Waals surface area contributed by atoms with E-state index in [9.17, 15) is 9.90 Å². The number of ketones is 1. The Hall–Kier alpha value is -0.630. The quantitative estimate of drug-likeness (QED) is 0.576. The van der Waals surface area contributed by atoms with E-state index in [1.807, 2.05) is 0 Å². The minimum Gasteiger partial charge on any atom is -0.392 e. The molecule has 0 heterocycles. The van der Waals surface area contributed by atoms with Gasteiger partial charge < -0.3 is 5.11 Å². The first kappa shape index (κ1) is 8.95. The molecule has 2 aliphatic rings. The molecule has 13 heavy (non-hydrogen) atoms. The molecular weight excluding hydrogens is 164 g/mol. The normalized spacial score (nSPS) is 39.8. The average Bonchev–Trinajstić information content (AvgIpc) is 2.29. The predicted molar refractivity (Wildman–Crippen MR) is 50.2 cm³/mol. The summed E-state index contributed by atoms with van der Waals surface area (Å²) in [7, 11) is 0. The van der Waals surface area contributed by atoms with Crippen molar-refractivity contribution in [1.29, 1.82) is 0 Å². The van der Waals surface area contributed by atoms with Gasteiger partial charge in [0.15, 0.2) is 0 Å². The molecule has 0 aromatic carbocycles. The fourth-order valence-electron chi connectivity index (χ4n) is 2.53. The summed E-state index contributed by atoms with van der Waals surface area (Å²) in [5.41, 5.74) is 0. The zero-order valence-corrected chi connectivity index (χ0v) is 7.78. The second-order valence-electron chi connectivity index (χ2n) is 4.12. The van der Waals surface area contributed by atoms with Crippen LogP contribution in [0.2, 0.25) is 0 Å². The van der Waals surface area contributed by atoms with Crippen LogP contribution in [0.1, 0.15) is 32.1 Å². The number of Topliss-reactive ketones (excluding diaryl/α,β-unsaturated/α-hetero) is 1. The molecule has 1 fully saturated rings. The Morgan fingerprint density at radius 3 is 3.08 bits per heavy atom. The van der Waals surface area contributed by atoms with Crippen LogP contribution in [0.4, 0.5) is 0 Å². The van der Waals surface area contributed by atoms with Crippen LogP contribution in [-0.2, 0) is 4.79 Å². The van der Waals surface area contributed by atoms with E-state index in [1.165, 1.54) is 0 Å². The zero-order chi connectivity index (χ0) is 9.26.